The third-order valence-electron chi connectivity index (χ3n) is 8.69. The van der Waals surface area contributed by atoms with E-state index in [1.807, 2.05) is 45.0 Å². The number of rotatable bonds is 17. The molecule has 1 atom stereocenters. The molecule has 0 saturated heterocycles. The van der Waals surface area contributed by atoms with Gasteiger partial charge in [-0.2, -0.15) is 18.3 Å². The molecule has 2 heterocycles. The number of halogens is 4. The number of methoxy groups -OCH3 is 2. The number of esters is 1. The van der Waals surface area contributed by atoms with Crippen LogP contribution in [0.5, 0.6) is 5.88 Å². The Bertz CT molecular complexity index is 2140. The van der Waals surface area contributed by atoms with Crippen LogP contribution in [0, 0.1) is 5.41 Å². The number of hydrogen-bond donors (Lipinski definition) is 5. The topological polar surface area (TPSA) is 157 Å². The predicted molar refractivity (Wildman–Crippen MR) is 283 cm³/mol. The van der Waals surface area contributed by atoms with E-state index in [2.05, 4.69) is 136 Å². The van der Waals surface area contributed by atoms with E-state index in [0.29, 0.717) is 67.6 Å². The minimum absolute atomic E-state index is 0. The van der Waals surface area contributed by atoms with Crippen molar-refractivity contribution in [3.8, 4) is 5.88 Å². The summed E-state index contributed by atoms with van der Waals surface area (Å²) >= 11 is 42.6. The number of pyridine rings is 1. The second-order valence-corrected chi connectivity index (χ2v) is 19.2. The van der Waals surface area contributed by atoms with Crippen molar-refractivity contribution in [1.82, 2.24) is 41.0 Å². The van der Waals surface area contributed by atoms with Crippen LogP contribution in [-0.2, 0) is 127 Å². The summed E-state index contributed by atoms with van der Waals surface area (Å²) in [5.41, 5.74) is 0.199. The second kappa shape index (κ2) is 36.1. The number of alkyl halides is 3. The molecule has 1 unspecified atom stereocenters. The largest absolute Gasteiger partial charge is 2.00 e. The van der Waals surface area contributed by atoms with Crippen LogP contribution in [0.4, 0.5) is 13.2 Å². The number of nitrogens with zero attached hydrogens (tertiary/aromatic N) is 4. The molecule has 0 aliphatic heterocycles. The van der Waals surface area contributed by atoms with Gasteiger partial charge in [-0.3, -0.25) is 4.68 Å². The molecule has 27 heteroatoms. The van der Waals surface area contributed by atoms with Gasteiger partial charge in [0.1, 0.15) is 30.5 Å². The molecule has 0 aliphatic carbocycles. The summed E-state index contributed by atoms with van der Waals surface area (Å²) in [6.07, 6.45) is 1.24. The Labute approximate surface area is 473 Å². The maximum Gasteiger partial charge on any atom is 2.00 e. The first-order chi connectivity index (χ1) is 31.4. The van der Waals surface area contributed by atoms with Crippen molar-refractivity contribution in [1.29, 1.82) is 0 Å². The number of nitrogens with one attached hydrogen (secondary N) is 4. The monoisotopic (exact) mass is 1210 g/mol. The normalized spacial score (nSPS) is 11.4. The van der Waals surface area contributed by atoms with Gasteiger partial charge in [0.15, 0.2) is 0 Å². The van der Waals surface area contributed by atoms with E-state index in [1.165, 1.54) is 44.5 Å². The van der Waals surface area contributed by atoms with Gasteiger partial charge in [-0.05, 0) is 53.1 Å². The zero-order valence-electron chi connectivity index (χ0n) is 38.0. The second-order valence-electron chi connectivity index (χ2n) is 14.4. The summed E-state index contributed by atoms with van der Waals surface area (Å²) in [6.45, 7) is 9.15. The van der Waals surface area contributed by atoms with Gasteiger partial charge < -0.3 is 140 Å². The van der Waals surface area contributed by atoms with Crippen LogP contribution in [0.15, 0.2) is 85.6 Å². The predicted octanol–water partition coefficient (Wildman–Crippen LogP) is 6.83. The summed E-state index contributed by atoms with van der Waals surface area (Å²) in [6, 6.07) is 17.9. The molecule has 13 nitrogen and oxygen atoms in total. The standard InChI is InChI=1S/C18H16F3NO4.C16H22ClN3O.2C4H8N2S4.Mn.Zn/c1-24-11-14(17(23)25-2)13-7-4-3-6-12(13)10-26-16-9-5-8-15(22-16)18(19,20)21;1-15(2,3)16(21,10-20-12-18-11-19-20)9-8-13-4-6-14(17)7-5-13;2*7-3(8)5-1-2-6-4(9)10;;/h3-9,11H,10H2,1-2H3;4-7,11-12,21H,8-10H2,1-3H3;2*1-2H2,(H2,5,7,8)(H2,6,9,10);;/q;;;;2*+2/p-4/b14-11+;;;;;. The Kier molecular flexibility index (Phi) is 35.7. The van der Waals surface area contributed by atoms with Crippen LogP contribution in [-0.4, -0.2) is 94.1 Å². The fourth-order valence-electron chi connectivity index (χ4n) is 5.10. The number of carbonyl (C=O) groups excluding carboxylic acids is 1. The van der Waals surface area contributed by atoms with Crippen LogP contribution < -0.4 is 26.0 Å². The Morgan fingerprint density at radius 1 is 0.826 bits per heavy atom. The van der Waals surface area contributed by atoms with Gasteiger partial charge in [-0.1, -0.05) is 92.1 Å². The number of carbonyl (C=O) groups is 1. The van der Waals surface area contributed by atoms with E-state index in [9.17, 15) is 23.1 Å². The van der Waals surface area contributed by atoms with Gasteiger partial charge in [0.2, 0.25) is 5.88 Å². The van der Waals surface area contributed by atoms with Crippen LogP contribution in [0.2, 0.25) is 5.02 Å². The van der Waals surface area contributed by atoms with Crippen molar-refractivity contribution in [3.63, 3.8) is 0 Å². The molecule has 373 valence electrons. The molecule has 1 radical (unpaired) electrons. The van der Waals surface area contributed by atoms with E-state index in [4.69, 9.17) is 25.8 Å². The van der Waals surface area contributed by atoms with Crippen LogP contribution in [0.1, 0.15) is 49.6 Å². The van der Waals surface area contributed by atoms with Gasteiger partial charge in [0.05, 0.1) is 32.6 Å². The molecular formula is C42H50ClF3MnN8O5S8Zn. The summed E-state index contributed by atoms with van der Waals surface area (Å²) in [7, 11) is 2.62. The number of ether oxygens (including phenoxy) is 3. The molecule has 0 spiro atoms. The van der Waals surface area contributed by atoms with E-state index in [-0.39, 0.29) is 60.0 Å². The van der Waals surface area contributed by atoms with Crippen molar-refractivity contribution < 1.29 is 73.8 Å². The fraction of sp³-hybridized carbons (Fsp3) is 0.381. The number of aryl methyl sites for hydroxylation is 1. The van der Waals surface area contributed by atoms with Gasteiger partial charge in [0, 0.05) is 37.3 Å². The number of thiocarbonyl (C=S) groups is 4. The summed E-state index contributed by atoms with van der Waals surface area (Å²) in [5.74, 6) is -0.790. The van der Waals surface area contributed by atoms with Gasteiger partial charge in [-0.25, -0.2) is 14.8 Å². The smallest absolute Gasteiger partial charge is 0.503 e. The molecule has 0 saturated carbocycles. The molecule has 0 aliphatic rings. The summed E-state index contributed by atoms with van der Waals surface area (Å²) in [4.78, 5) is 19.3. The first kappa shape index (κ1) is 68.2. The summed E-state index contributed by atoms with van der Waals surface area (Å²) in [5, 5.41) is 27.1. The molecule has 4 aromatic rings. The Morgan fingerprint density at radius 2 is 1.35 bits per heavy atom. The van der Waals surface area contributed by atoms with Crippen LogP contribution >= 0.6 is 60.5 Å². The van der Waals surface area contributed by atoms with E-state index in [1.54, 1.807) is 35.3 Å². The van der Waals surface area contributed by atoms with E-state index >= 15 is 0 Å². The van der Waals surface area contributed by atoms with Crippen molar-refractivity contribution >= 4 is 140 Å². The SMILES string of the molecule is CC(C)(C)C(O)(CCc1ccc(Cl)cc1)Cn1cncn1.CO/C=C(/C(=O)OC)c1ccccc1COc1cccc(C(F)(F)F)n1.S=C([S-])NCCNC(=S)[S-].S=C([S-])NCCNC(=S)[S-].[Mn+2].[Zn+2]. The number of benzene rings is 2. The number of hydrogen-bond acceptors (Lipinski definition) is 16. The Hall–Kier alpha value is -2.84. The maximum atomic E-state index is 12.7. The summed E-state index contributed by atoms with van der Waals surface area (Å²) < 4.78 is 56.4. The van der Waals surface area contributed by atoms with Crippen LogP contribution in [0.3, 0.4) is 0 Å². The first-order valence-corrected chi connectivity index (χ1v) is 23.2. The van der Waals surface area contributed by atoms with E-state index < -0.39 is 23.4 Å². The van der Waals surface area contributed by atoms with Crippen molar-refractivity contribution in [2.24, 2.45) is 5.41 Å². The molecule has 0 amide bonds. The maximum absolute atomic E-state index is 12.7. The van der Waals surface area contributed by atoms with Crippen molar-refractivity contribution in [2.75, 3.05) is 40.4 Å². The average molecular weight is 1220 g/mol. The minimum Gasteiger partial charge on any atom is -0.503 e. The average Bonchev–Trinajstić information content (AvgIpc) is 3.77. The molecule has 2 aromatic heterocycles. The van der Waals surface area contributed by atoms with E-state index in [0.717, 1.165) is 17.5 Å². The minimum atomic E-state index is -4.56. The van der Waals surface area contributed by atoms with Crippen molar-refractivity contribution in [2.45, 2.75) is 58.5 Å². The third kappa shape index (κ3) is 30.0. The zero-order valence-corrected chi connectivity index (χ0v) is 49.4. The molecule has 0 bridgehead atoms. The molecule has 2 aromatic carbocycles. The third-order valence-corrected chi connectivity index (χ3v) is 10.1. The zero-order chi connectivity index (χ0) is 50.6. The molecule has 69 heavy (non-hydrogen) atoms. The van der Waals surface area contributed by atoms with Gasteiger partial charge >= 0.3 is 48.7 Å². The molecule has 4 rings (SSSR count). The van der Waals surface area contributed by atoms with Crippen molar-refractivity contribution in [3.05, 3.63) is 113 Å². The first-order valence-electron chi connectivity index (χ1n) is 19.6. The Balaban J connectivity index is 0. The Morgan fingerprint density at radius 3 is 1.78 bits per heavy atom. The number of aliphatic hydroxyl groups is 1. The van der Waals surface area contributed by atoms with Gasteiger partial charge in [0.25, 0.3) is 0 Å². The fourth-order valence-corrected chi connectivity index (χ4v) is 6.04. The molecular weight excluding hydrogens is 1170 g/mol. The molecule has 5 N–H and O–H groups in total. The number of aromatic nitrogens is 4. The molecule has 0 fully saturated rings. The van der Waals surface area contributed by atoms with Gasteiger partial charge in [-0.15, -0.1) is 0 Å². The van der Waals surface area contributed by atoms with Crippen LogP contribution in [0.25, 0.3) is 5.57 Å². The quantitative estimate of drug-likeness (QED) is 0.0142.